The van der Waals surface area contributed by atoms with E-state index in [4.69, 9.17) is 0 Å². The molecular formula is C24H38O4. The smallest absolute Gasteiger partial charge is 0.336 e. The van der Waals surface area contributed by atoms with Crippen molar-refractivity contribution >= 4 is 11.9 Å². The van der Waals surface area contributed by atoms with Crippen molar-refractivity contribution in [3.8, 4) is 0 Å². The van der Waals surface area contributed by atoms with Crippen molar-refractivity contribution in [1.29, 1.82) is 0 Å². The predicted molar refractivity (Wildman–Crippen MR) is 114 cm³/mol. The lowest BCUT2D eigenvalue weighted by Crippen LogP contribution is -2.18. The first kappa shape index (κ1) is 24.2. The summed E-state index contributed by atoms with van der Waals surface area (Å²) in [4.78, 5) is 23.7. The highest BCUT2D eigenvalue weighted by Crippen LogP contribution is 2.30. The van der Waals surface area contributed by atoms with Crippen LogP contribution in [0.25, 0.3) is 0 Å². The summed E-state index contributed by atoms with van der Waals surface area (Å²) in [5.74, 6) is -1.39. The molecule has 1 aromatic rings. The topological polar surface area (TPSA) is 74.6 Å². The van der Waals surface area contributed by atoms with E-state index in [1.807, 2.05) is 6.07 Å². The van der Waals surface area contributed by atoms with Crippen LogP contribution in [0.4, 0.5) is 0 Å². The Morgan fingerprint density at radius 1 is 0.821 bits per heavy atom. The van der Waals surface area contributed by atoms with Gasteiger partial charge >= 0.3 is 11.9 Å². The summed E-state index contributed by atoms with van der Waals surface area (Å²) in [6, 6.07) is 3.36. The SMILES string of the molecule is CCCCC(CC)Cc1ccc(C(=O)O)c(C(=O)O)c1CC(CC)CCCC. The van der Waals surface area contributed by atoms with Crippen molar-refractivity contribution < 1.29 is 19.8 Å². The van der Waals surface area contributed by atoms with Gasteiger partial charge in [-0.05, 0) is 41.9 Å². The van der Waals surface area contributed by atoms with Crippen LogP contribution in [-0.4, -0.2) is 22.2 Å². The highest BCUT2D eigenvalue weighted by Gasteiger charge is 2.25. The summed E-state index contributed by atoms with van der Waals surface area (Å²) in [5, 5.41) is 19.4. The van der Waals surface area contributed by atoms with Gasteiger partial charge in [-0.25, -0.2) is 9.59 Å². The van der Waals surface area contributed by atoms with E-state index in [-0.39, 0.29) is 11.1 Å². The molecule has 0 heterocycles. The maximum Gasteiger partial charge on any atom is 0.336 e. The summed E-state index contributed by atoms with van der Waals surface area (Å²) in [7, 11) is 0. The average molecular weight is 391 g/mol. The van der Waals surface area contributed by atoms with Crippen LogP contribution in [0.2, 0.25) is 0 Å². The second-order valence-corrected chi connectivity index (χ2v) is 7.98. The molecule has 0 bridgehead atoms. The first-order chi connectivity index (χ1) is 13.4. The standard InChI is InChI=1S/C24H38O4/c1-5-9-11-17(7-3)15-19-13-14-20(23(25)26)22(24(27)28)21(19)16-18(8-4)12-10-6-2/h13-14,17-18H,5-12,15-16H2,1-4H3,(H,25,26)(H,27,28). The van der Waals surface area contributed by atoms with Crippen molar-refractivity contribution in [2.45, 2.75) is 91.9 Å². The van der Waals surface area contributed by atoms with Crippen molar-refractivity contribution in [3.05, 3.63) is 34.4 Å². The van der Waals surface area contributed by atoms with Crippen molar-refractivity contribution in [3.63, 3.8) is 0 Å². The van der Waals surface area contributed by atoms with Crippen LogP contribution >= 0.6 is 0 Å². The van der Waals surface area contributed by atoms with Crippen LogP contribution in [0, 0.1) is 11.8 Å². The van der Waals surface area contributed by atoms with Crippen LogP contribution in [0.5, 0.6) is 0 Å². The van der Waals surface area contributed by atoms with Gasteiger partial charge in [0.15, 0.2) is 0 Å². The molecule has 28 heavy (non-hydrogen) atoms. The first-order valence-corrected chi connectivity index (χ1v) is 11.0. The van der Waals surface area contributed by atoms with Gasteiger partial charge in [-0.15, -0.1) is 0 Å². The van der Waals surface area contributed by atoms with Gasteiger partial charge in [0.1, 0.15) is 0 Å². The van der Waals surface area contributed by atoms with E-state index >= 15 is 0 Å². The molecule has 0 amide bonds. The molecule has 1 rings (SSSR count). The number of unbranched alkanes of at least 4 members (excludes halogenated alkanes) is 2. The molecule has 4 heteroatoms. The zero-order valence-electron chi connectivity index (χ0n) is 18.1. The molecule has 0 saturated heterocycles. The normalized spacial score (nSPS) is 13.3. The molecule has 1 aromatic carbocycles. The lowest BCUT2D eigenvalue weighted by atomic mass is 9.82. The zero-order chi connectivity index (χ0) is 21.1. The van der Waals surface area contributed by atoms with Gasteiger partial charge < -0.3 is 10.2 Å². The number of carboxylic acids is 2. The molecule has 0 spiro atoms. The minimum Gasteiger partial charge on any atom is -0.478 e. The predicted octanol–water partition coefficient (Wildman–Crippen LogP) is 6.60. The molecule has 0 aliphatic carbocycles. The maximum absolute atomic E-state index is 12.0. The molecule has 0 aliphatic rings. The summed E-state index contributed by atoms with van der Waals surface area (Å²) in [5.41, 5.74) is 1.70. The van der Waals surface area contributed by atoms with Crippen LogP contribution in [0.15, 0.2) is 12.1 Å². The highest BCUT2D eigenvalue weighted by molar-refractivity contribution is 6.03. The third kappa shape index (κ3) is 6.96. The number of aromatic carboxylic acids is 2. The Morgan fingerprint density at radius 2 is 1.36 bits per heavy atom. The van der Waals surface area contributed by atoms with E-state index < -0.39 is 11.9 Å². The molecule has 2 unspecified atom stereocenters. The van der Waals surface area contributed by atoms with E-state index in [1.54, 1.807) is 0 Å². The number of carbonyl (C=O) groups is 2. The van der Waals surface area contributed by atoms with Gasteiger partial charge in [-0.1, -0.05) is 85.1 Å². The molecule has 4 nitrogen and oxygen atoms in total. The molecule has 0 aromatic heterocycles. The Kier molecular flexibility index (Phi) is 10.9. The first-order valence-electron chi connectivity index (χ1n) is 11.0. The minimum absolute atomic E-state index is 0.00490. The number of carboxylic acid groups (broad SMARTS) is 2. The van der Waals surface area contributed by atoms with E-state index in [1.165, 1.54) is 12.5 Å². The Balaban J connectivity index is 3.38. The van der Waals surface area contributed by atoms with Crippen molar-refractivity contribution in [2.75, 3.05) is 0 Å². The lowest BCUT2D eigenvalue weighted by Gasteiger charge is -2.23. The summed E-state index contributed by atoms with van der Waals surface area (Å²) < 4.78 is 0. The highest BCUT2D eigenvalue weighted by atomic mass is 16.4. The van der Waals surface area contributed by atoms with E-state index in [9.17, 15) is 19.8 Å². The molecule has 0 saturated carbocycles. The maximum atomic E-state index is 12.0. The second-order valence-electron chi connectivity index (χ2n) is 7.98. The molecule has 2 atom stereocenters. The van der Waals surface area contributed by atoms with Crippen LogP contribution in [-0.2, 0) is 12.8 Å². The van der Waals surface area contributed by atoms with Crippen LogP contribution in [0.3, 0.4) is 0 Å². The van der Waals surface area contributed by atoms with Gasteiger partial charge in [0.2, 0.25) is 0 Å². The average Bonchev–Trinajstić information content (AvgIpc) is 2.68. The third-order valence-corrected chi connectivity index (χ3v) is 5.94. The summed E-state index contributed by atoms with van der Waals surface area (Å²) in [6.07, 6.45) is 10.2. The minimum atomic E-state index is -1.16. The monoisotopic (exact) mass is 390 g/mol. The quantitative estimate of drug-likeness (QED) is 0.375. The summed E-state index contributed by atoms with van der Waals surface area (Å²) in [6.45, 7) is 8.66. The number of rotatable bonds is 14. The molecule has 2 N–H and O–H groups in total. The molecule has 158 valence electrons. The van der Waals surface area contributed by atoms with E-state index in [0.29, 0.717) is 18.3 Å². The second kappa shape index (κ2) is 12.6. The number of hydrogen-bond acceptors (Lipinski definition) is 2. The van der Waals surface area contributed by atoms with Gasteiger partial charge in [0, 0.05) is 0 Å². The Morgan fingerprint density at radius 3 is 1.79 bits per heavy atom. The van der Waals surface area contributed by atoms with Crippen molar-refractivity contribution in [2.24, 2.45) is 11.8 Å². The van der Waals surface area contributed by atoms with Gasteiger partial charge in [0.05, 0.1) is 11.1 Å². The largest absolute Gasteiger partial charge is 0.478 e. The third-order valence-electron chi connectivity index (χ3n) is 5.94. The van der Waals surface area contributed by atoms with E-state index in [2.05, 4.69) is 27.7 Å². The Hall–Kier alpha value is -1.84. The molecule has 0 fully saturated rings. The number of benzene rings is 1. The summed E-state index contributed by atoms with van der Waals surface area (Å²) >= 11 is 0. The van der Waals surface area contributed by atoms with Gasteiger partial charge in [-0.3, -0.25) is 0 Å². The fraction of sp³-hybridized carbons (Fsp3) is 0.667. The Bertz CT molecular complexity index is 636. The van der Waals surface area contributed by atoms with E-state index in [0.717, 1.165) is 62.5 Å². The zero-order valence-corrected chi connectivity index (χ0v) is 18.1. The molecule has 0 radical (unpaired) electrons. The fourth-order valence-electron chi connectivity index (χ4n) is 4.02. The van der Waals surface area contributed by atoms with Crippen molar-refractivity contribution in [1.82, 2.24) is 0 Å². The van der Waals surface area contributed by atoms with Gasteiger partial charge in [-0.2, -0.15) is 0 Å². The van der Waals surface area contributed by atoms with Crippen LogP contribution < -0.4 is 0 Å². The lowest BCUT2D eigenvalue weighted by molar-refractivity contribution is 0.0650. The number of hydrogen-bond donors (Lipinski definition) is 2. The molecule has 0 aliphatic heterocycles. The Labute approximate surface area is 170 Å². The molecular weight excluding hydrogens is 352 g/mol. The van der Waals surface area contributed by atoms with Crippen LogP contribution in [0.1, 0.15) is 111 Å². The fourth-order valence-corrected chi connectivity index (χ4v) is 4.02. The van der Waals surface area contributed by atoms with Gasteiger partial charge in [0.25, 0.3) is 0 Å².